The van der Waals surface area contributed by atoms with E-state index in [0.717, 1.165) is 12.1 Å². The van der Waals surface area contributed by atoms with Crippen molar-refractivity contribution in [3.63, 3.8) is 0 Å². The maximum Gasteiger partial charge on any atom is 0.257 e. The molecule has 0 amide bonds. The molecule has 0 spiro atoms. The van der Waals surface area contributed by atoms with E-state index < -0.39 is 15.8 Å². The summed E-state index contributed by atoms with van der Waals surface area (Å²) in [6.45, 7) is 0.547. The molecule has 1 aliphatic rings. The van der Waals surface area contributed by atoms with Crippen LogP contribution >= 0.6 is 0 Å². The van der Waals surface area contributed by atoms with Crippen LogP contribution in [-0.2, 0) is 10.0 Å². The Kier molecular flexibility index (Phi) is 4.87. The Labute approximate surface area is 146 Å². The first-order valence-corrected chi connectivity index (χ1v) is 9.22. The van der Waals surface area contributed by atoms with Gasteiger partial charge in [0.15, 0.2) is 5.82 Å². The molecule has 1 saturated heterocycles. The normalized spacial score (nSPS) is 18.3. The Balaban J connectivity index is 1.73. The number of hydrogen-bond donors (Lipinski definition) is 0. The average molecular weight is 366 g/mol. The fourth-order valence-corrected chi connectivity index (χ4v) is 4.12. The molecule has 7 nitrogen and oxygen atoms in total. The topological polar surface area (TPSA) is 75.6 Å². The number of sulfonamides is 1. The van der Waals surface area contributed by atoms with E-state index in [4.69, 9.17) is 4.74 Å². The van der Waals surface area contributed by atoms with Gasteiger partial charge < -0.3 is 9.64 Å². The standard InChI is InChI=1S/C16H19FN4O3S/c1-20(2)15-16(19-9-8-18-15)24-13-7-10-21(11-13)25(22,23)14-5-3-12(17)4-6-14/h3-6,8-9,13H,7,10-11H2,1-2H3. The first-order valence-electron chi connectivity index (χ1n) is 7.78. The summed E-state index contributed by atoms with van der Waals surface area (Å²) in [6.07, 6.45) is 3.33. The van der Waals surface area contributed by atoms with E-state index in [1.807, 2.05) is 14.1 Å². The summed E-state index contributed by atoms with van der Waals surface area (Å²) in [4.78, 5) is 10.3. The molecular formula is C16H19FN4O3S. The van der Waals surface area contributed by atoms with Gasteiger partial charge in [0.25, 0.3) is 5.88 Å². The minimum atomic E-state index is -3.67. The molecule has 0 saturated carbocycles. The van der Waals surface area contributed by atoms with Crippen molar-refractivity contribution in [3.8, 4) is 5.88 Å². The summed E-state index contributed by atoms with van der Waals surface area (Å²) in [7, 11) is -0.00654. The van der Waals surface area contributed by atoms with E-state index in [2.05, 4.69) is 9.97 Å². The Hall–Kier alpha value is -2.26. The highest BCUT2D eigenvalue weighted by atomic mass is 32.2. The van der Waals surface area contributed by atoms with Crippen LogP contribution in [-0.4, -0.2) is 56.0 Å². The van der Waals surface area contributed by atoms with E-state index in [0.29, 0.717) is 24.7 Å². The molecule has 25 heavy (non-hydrogen) atoms. The number of hydrogen-bond acceptors (Lipinski definition) is 6. The molecule has 0 bridgehead atoms. The second-order valence-corrected chi connectivity index (χ2v) is 7.86. The van der Waals surface area contributed by atoms with E-state index in [9.17, 15) is 12.8 Å². The van der Waals surface area contributed by atoms with E-state index in [1.54, 1.807) is 11.1 Å². The second-order valence-electron chi connectivity index (χ2n) is 5.93. The van der Waals surface area contributed by atoms with Crippen LogP contribution in [0.15, 0.2) is 41.6 Å². The van der Waals surface area contributed by atoms with Gasteiger partial charge in [0.1, 0.15) is 11.9 Å². The molecule has 0 radical (unpaired) electrons. The molecule has 1 unspecified atom stereocenters. The van der Waals surface area contributed by atoms with Gasteiger partial charge in [-0.25, -0.2) is 22.8 Å². The van der Waals surface area contributed by atoms with Crippen molar-refractivity contribution in [2.24, 2.45) is 0 Å². The van der Waals surface area contributed by atoms with Crippen molar-refractivity contribution in [2.45, 2.75) is 17.4 Å². The third kappa shape index (κ3) is 3.72. The number of anilines is 1. The zero-order chi connectivity index (χ0) is 18.0. The predicted molar refractivity (Wildman–Crippen MR) is 90.6 cm³/mol. The van der Waals surface area contributed by atoms with Crippen LogP contribution in [0.5, 0.6) is 5.88 Å². The van der Waals surface area contributed by atoms with Crippen LogP contribution in [0.2, 0.25) is 0 Å². The summed E-state index contributed by atoms with van der Waals surface area (Å²) in [5, 5.41) is 0. The summed E-state index contributed by atoms with van der Waals surface area (Å²) in [5.41, 5.74) is 0. The molecule has 0 N–H and O–H groups in total. The second kappa shape index (κ2) is 6.93. The molecule has 1 fully saturated rings. The fourth-order valence-electron chi connectivity index (χ4n) is 2.63. The molecule has 1 aliphatic heterocycles. The van der Waals surface area contributed by atoms with Gasteiger partial charge in [0, 0.05) is 33.0 Å². The Bertz CT molecular complexity index is 843. The largest absolute Gasteiger partial charge is 0.470 e. The monoisotopic (exact) mass is 366 g/mol. The first-order chi connectivity index (χ1) is 11.9. The molecule has 134 valence electrons. The van der Waals surface area contributed by atoms with Gasteiger partial charge in [-0.1, -0.05) is 0 Å². The third-order valence-electron chi connectivity index (χ3n) is 3.91. The van der Waals surface area contributed by atoms with Crippen molar-refractivity contribution < 1.29 is 17.5 Å². The summed E-state index contributed by atoms with van der Waals surface area (Å²) in [6, 6.07) is 4.82. The maximum atomic E-state index is 13.0. The molecule has 1 atom stereocenters. The molecule has 1 aromatic carbocycles. The van der Waals surface area contributed by atoms with Crippen LogP contribution in [0.25, 0.3) is 0 Å². The van der Waals surface area contributed by atoms with Crippen molar-refractivity contribution >= 4 is 15.8 Å². The molecular weight excluding hydrogens is 347 g/mol. The quantitative estimate of drug-likeness (QED) is 0.799. The van der Waals surface area contributed by atoms with Crippen molar-refractivity contribution in [3.05, 3.63) is 42.5 Å². The average Bonchev–Trinajstić information content (AvgIpc) is 3.05. The third-order valence-corrected chi connectivity index (χ3v) is 5.79. The predicted octanol–water partition coefficient (Wildman–Crippen LogP) is 1.52. The zero-order valence-corrected chi connectivity index (χ0v) is 14.8. The lowest BCUT2D eigenvalue weighted by molar-refractivity contribution is 0.207. The molecule has 3 rings (SSSR count). The van der Waals surface area contributed by atoms with Crippen LogP contribution in [0.3, 0.4) is 0 Å². The zero-order valence-electron chi connectivity index (χ0n) is 14.0. The van der Waals surface area contributed by atoms with Gasteiger partial charge in [-0.05, 0) is 30.7 Å². The highest BCUT2D eigenvalue weighted by Gasteiger charge is 2.34. The lowest BCUT2D eigenvalue weighted by Crippen LogP contribution is -2.31. The SMILES string of the molecule is CN(C)c1nccnc1OC1CCN(S(=O)(=O)c2ccc(F)cc2)C1. The van der Waals surface area contributed by atoms with Gasteiger partial charge in [0.05, 0.1) is 11.4 Å². The fraction of sp³-hybridized carbons (Fsp3) is 0.375. The first kappa shape index (κ1) is 17.6. The lowest BCUT2D eigenvalue weighted by Gasteiger charge is -2.19. The van der Waals surface area contributed by atoms with E-state index in [-0.39, 0.29) is 17.5 Å². The van der Waals surface area contributed by atoms with Crippen molar-refractivity contribution in [2.75, 3.05) is 32.1 Å². The number of rotatable bonds is 5. The Morgan fingerprint density at radius 3 is 2.56 bits per heavy atom. The van der Waals surface area contributed by atoms with Gasteiger partial charge >= 0.3 is 0 Å². The number of aromatic nitrogens is 2. The Morgan fingerprint density at radius 2 is 1.88 bits per heavy atom. The number of benzene rings is 1. The summed E-state index contributed by atoms with van der Waals surface area (Å²) in [5.74, 6) is 0.487. The number of nitrogens with zero attached hydrogens (tertiary/aromatic N) is 4. The Morgan fingerprint density at radius 1 is 1.20 bits per heavy atom. The van der Waals surface area contributed by atoms with E-state index in [1.165, 1.54) is 22.6 Å². The smallest absolute Gasteiger partial charge is 0.257 e. The van der Waals surface area contributed by atoms with Crippen molar-refractivity contribution in [1.82, 2.24) is 14.3 Å². The minimum Gasteiger partial charge on any atom is -0.470 e. The van der Waals surface area contributed by atoms with Crippen LogP contribution in [0.1, 0.15) is 6.42 Å². The van der Waals surface area contributed by atoms with Crippen LogP contribution < -0.4 is 9.64 Å². The summed E-state index contributed by atoms with van der Waals surface area (Å²) < 4.78 is 45.5. The highest BCUT2D eigenvalue weighted by molar-refractivity contribution is 7.89. The minimum absolute atomic E-state index is 0.0723. The maximum absolute atomic E-state index is 13.0. The number of halogens is 1. The van der Waals surface area contributed by atoms with Crippen molar-refractivity contribution in [1.29, 1.82) is 0 Å². The molecule has 2 heterocycles. The highest BCUT2D eigenvalue weighted by Crippen LogP contribution is 2.27. The molecule has 2 aromatic rings. The molecule has 9 heteroatoms. The van der Waals surface area contributed by atoms with Gasteiger partial charge in [0.2, 0.25) is 10.0 Å². The molecule has 1 aromatic heterocycles. The van der Waals surface area contributed by atoms with Gasteiger partial charge in [-0.3, -0.25) is 0 Å². The van der Waals surface area contributed by atoms with Gasteiger partial charge in [-0.2, -0.15) is 4.31 Å². The molecule has 0 aliphatic carbocycles. The van der Waals surface area contributed by atoms with Crippen LogP contribution in [0.4, 0.5) is 10.2 Å². The van der Waals surface area contributed by atoms with E-state index >= 15 is 0 Å². The van der Waals surface area contributed by atoms with Gasteiger partial charge in [-0.15, -0.1) is 0 Å². The lowest BCUT2D eigenvalue weighted by atomic mass is 10.3. The van der Waals surface area contributed by atoms with Crippen LogP contribution in [0, 0.1) is 5.82 Å². The summed E-state index contributed by atoms with van der Waals surface area (Å²) >= 11 is 0. The number of ether oxygens (including phenoxy) is 1.